The Labute approximate surface area is 156 Å². The van der Waals surface area contributed by atoms with Crippen molar-refractivity contribution in [1.29, 1.82) is 0 Å². The highest BCUT2D eigenvalue weighted by molar-refractivity contribution is 9.10. The number of para-hydroxylation sites is 4. The van der Waals surface area contributed by atoms with Crippen molar-refractivity contribution in [1.82, 2.24) is 9.97 Å². The lowest BCUT2D eigenvalue weighted by molar-refractivity contribution is 0.473. The van der Waals surface area contributed by atoms with Crippen LogP contribution in [0.25, 0.3) is 45.1 Å². The summed E-state index contributed by atoms with van der Waals surface area (Å²) in [6.07, 6.45) is 0. The minimum absolute atomic E-state index is 0.00584. The Bertz CT molecular complexity index is 1110. The Morgan fingerprint density at radius 2 is 1.19 bits per heavy atom. The molecule has 1 N–H and O–H groups in total. The van der Waals surface area contributed by atoms with Crippen molar-refractivity contribution in [2.75, 3.05) is 0 Å². The van der Waals surface area contributed by atoms with Crippen molar-refractivity contribution in [3.63, 3.8) is 0 Å². The van der Waals surface area contributed by atoms with E-state index in [1.807, 2.05) is 48.5 Å². The first-order valence-electron chi connectivity index (χ1n) is 7.93. The third kappa shape index (κ3) is 2.38. The lowest BCUT2D eigenvalue weighted by atomic mass is 10.1. The molecule has 0 fully saturated rings. The zero-order valence-corrected chi connectivity index (χ0v) is 14.9. The van der Waals surface area contributed by atoms with E-state index in [4.69, 9.17) is 8.83 Å². The maximum atomic E-state index is 10.8. The van der Waals surface area contributed by atoms with Crippen molar-refractivity contribution >= 4 is 38.1 Å². The number of aromatic hydroxyl groups is 1. The summed E-state index contributed by atoms with van der Waals surface area (Å²) in [6.45, 7) is 0. The average Bonchev–Trinajstić information content (AvgIpc) is 3.26. The summed E-state index contributed by atoms with van der Waals surface area (Å²) in [6, 6.07) is 18.4. The number of rotatable bonds is 2. The predicted octanol–water partition coefficient (Wildman–Crippen LogP) is 5.77. The van der Waals surface area contributed by atoms with Gasteiger partial charge in [-0.25, -0.2) is 9.97 Å². The van der Waals surface area contributed by atoms with Crippen molar-refractivity contribution in [2.24, 2.45) is 0 Å². The first-order chi connectivity index (χ1) is 12.7. The number of fused-ring (bicyclic) bond motifs is 2. The van der Waals surface area contributed by atoms with Gasteiger partial charge in [-0.3, -0.25) is 0 Å². The highest BCUT2D eigenvalue weighted by Crippen LogP contribution is 2.41. The van der Waals surface area contributed by atoms with Gasteiger partial charge in [0.2, 0.25) is 11.8 Å². The van der Waals surface area contributed by atoms with E-state index >= 15 is 0 Å². The number of phenolic OH excluding ortho intramolecular Hbond substituents is 1. The Kier molecular flexibility index (Phi) is 3.33. The van der Waals surface area contributed by atoms with Gasteiger partial charge >= 0.3 is 0 Å². The molecule has 5 rings (SSSR count). The number of aromatic nitrogens is 2. The van der Waals surface area contributed by atoms with Gasteiger partial charge in [-0.15, -0.1) is 0 Å². The molecule has 0 saturated carbocycles. The zero-order valence-electron chi connectivity index (χ0n) is 13.3. The van der Waals surface area contributed by atoms with E-state index < -0.39 is 0 Å². The first-order valence-corrected chi connectivity index (χ1v) is 8.73. The van der Waals surface area contributed by atoms with Crippen LogP contribution >= 0.6 is 15.9 Å². The van der Waals surface area contributed by atoms with Gasteiger partial charge < -0.3 is 13.9 Å². The summed E-state index contributed by atoms with van der Waals surface area (Å²) in [5, 5.41) is 10.8. The SMILES string of the molecule is Oc1c(-c2nc3ccccc3o2)cc(Br)cc1-c1nc2ccccc2o1. The molecule has 5 nitrogen and oxygen atoms in total. The third-order valence-electron chi connectivity index (χ3n) is 4.12. The predicted molar refractivity (Wildman–Crippen MR) is 102 cm³/mol. The number of hydrogen-bond acceptors (Lipinski definition) is 5. The van der Waals surface area contributed by atoms with Crippen molar-refractivity contribution in [2.45, 2.75) is 0 Å². The number of oxazole rings is 2. The number of benzene rings is 3. The smallest absolute Gasteiger partial charge is 0.231 e. The second-order valence-electron chi connectivity index (χ2n) is 5.82. The molecule has 2 aromatic heterocycles. The van der Waals surface area contributed by atoms with E-state index in [2.05, 4.69) is 25.9 Å². The van der Waals surface area contributed by atoms with Gasteiger partial charge in [0.15, 0.2) is 11.2 Å². The van der Waals surface area contributed by atoms with Gasteiger partial charge in [0, 0.05) is 4.47 Å². The van der Waals surface area contributed by atoms with Gasteiger partial charge in [0.25, 0.3) is 0 Å². The number of nitrogens with zero attached hydrogens (tertiary/aromatic N) is 2. The number of phenols is 1. The van der Waals surface area contributed by atoms with Crippen LogP contribution in [-0.4, -0.2) is 15.1 Å². The van der Waals surface area contributed by atoms with Gasteiger partial charge in [-0.2, -0.15) is 0 Å². The highest BCUT2D eigenvalue weighted by Gasteiger charge is 2.20. The highest BCUT2D eigenvalue weighted by atomic mass is 79.9. The fraction of sp³-hybridized carbons (Fsp3) is 0. The molecule has 126 valence electrons. The molecule has 3 aromatic carbocycles. The summed E-state index contributed by atoms with van der Waals surface area (Å²) in [5.74, 6) is 0.677. The van der Waals surface area contributed by atoms with Crippen LogP contribution in [0.2, 0.25) is 0 Å². The molecule has 0 amide bonds. The molecule has 26 heavy (non-hydrogen) atoms. The standard InChI is InChI=1S/C20H11BrN2O3/c21-11-9-12(19-22-14-5-1-3-7-16(14)25-19)18(24)13(10-11)20-23-15-6-2-4-8-17(15)26-20/h1-10,24H. The van der Waals surface area contributed by atoms with E-state index in [-0.39, 0.29) is 5.75 Å². The minimum Gasteiger partial charge on any atom is -0.506 e. The van der Waals surface area contributed by atoms with Crippen LogP contribution in [0.1, 0.15) is 0 Å². The maximum Gasteiger partial charge on any atom is 0.231 e. The molecule has 0 radical (unpaired) electrons. The maximum absolute atomic E-state index is 10.8. The quantitative estimate of drug-likeness (QED) is 0.402. The molecule has 0 aliphatic heterocycles. The van der Waals surface area contributed by atoms with E-state index in [1.165, 1.54) is 0 Å². The van der Waals surface area contributed by atoms with Gasteiger partial charge in [-0.1, -0.05) is 40.2 Å². The molecule has 0 atom stereocenters. The Balaban J connectivity index is 1.72. The van der Waals surface area contributed by atoms with E-state index in [0.717, 1.165) is 15.5 Å². The fourth-order valence-electron chi connectivity index (χ4n) is 2.90. The average molecular weight is 407 g/mol. The molecule has 0 bridgehead atoms. The molecule has 5 aromatic rings. The normalized spacial score (nSPS) is 11.4. The summed E-state index contributed by atoms with van der Waals surface area (Å²) < 4.78 is 12.3. The Hall–Kier alpha value is -3.12. The van der Waals surface area contributed by atoms with Crippen molar-refractivity contribution in [3.05, 3.63) is 65.1 Å². The second-order valence-corrected chi connectivity index (χ2v) is 6.74. The van der Waals surface area contributed by atoms with Crippen LogP contribution in [-0.2, 0) is 0 Å². The molecule has 0 unspecified atom stereocenters. The number of halogens is 1. The molecule has 0 spiro atoms. The Morgan fingerprint density at radius 1 is 0.731 bits per heavy atom. The molecular weight excluding hydrogens is 396 g/mol. The van der Waals surface area contributed by atoms with Crippen LogP contribution in [0.15, 0.2) is 74.0 Å². The van der Waals surface area contributed by atoms with Crippen LogP contribution in [0, 0.1) is 0 Å². The van der Waals surface area contributed by atoms with Gasteiger partial charge in [-0.05, 0) is 36.4 Å². The lowest BCUT2D eigenvalue weighted by Gasteiger charge is -2.06. The molecule has 0 aliphatic carbocycles. The van der Waals surface area contributed by atoms with E-state index in [1.54, 1.807) is 12.1 Å². The fourth-order valence-corrected chi connectivity index (χ4v) is 3.36. The molecule has 2 heterocycles. The summed E-state index contributed by atoms with van der Waals surface area (Å²) in [4.78, 5) is 8.93. The molecule has 0 saturated heterocycles. The van der Waals surface area contributed by atoms with E-state index in [0.29, 0.717) is 34.1 Å². The van der Waals surface area contributed by atoms with Crippen LogP contribution < -0.4 is 0 Å². The molecular formula is C20H11BrN2O3. The van der Waals surface area contributed by atoms with Gasteiger partial charge in [0.05, 0.1) is 11.1 Å². The van der Waals surface area contributed by atoms with Gasteiger partial charge in [0.1, 0.15) is 16.8 Å². The minimum atomic E-state index is 0.00584. The van der Waals surface area contributed by atoms with Crippen LogP contribution in [0.5, 0.6) is 5.75 Å². The lowest BCUT2D eigenvalue weighted by Crippen LogP contribution is -1.85. The molecule has 6 heteroatoms. The first kappa shape index (κ1) is 15.2. The zero-order chi connectivity index (χ0) is 17.7. The topological polar surface area (TPSA) is 72.3 Å². The van der Waals surface area contributed by atoms with Crippen molar-refractivity contribution < 1.29 is 13.9 Å². The van der Waals surface area contributed by atoms with Crippen LogP contribution in [0.3, 0.4) is 0 Å². The Morgan fingerprint density at radius 3 is 1.65 bits per heavy atom. The second kappa shape index (κ2) is 5.71. The van der Waals surface area contributed by atoms with E-state index in [9.17, 15) is 5.11 Å². The number of hydrogen-bond donors (Lipinski definition) is 1. The molecule has 0 aliphatic rings. The largest absolute Gasteiger partial charge is 0.506 e. The monoisotopic (exact) mass is 406 g/mol. The summed E-state index contributed by atoms with van der Waals surface area (Å²) in [5.41, 5.74) is 3.70. The third-order valence-corrected chi connectivity index (χ3v) is 4.58. The van der Waals surface area contributed by atoms with Crippen molar-refractivity contribution in [3.8, 4) is 28.7 Å². The summed E-state index contributed by atoms with van der Waals surface area (Å²) in [7, 11) is 0. The van der Waals surface area contributed by atoms with Crippen LogP contribution in [0.4, 0.5) is 0 Å². The summed E-state index contributed by atoms with van der Waals surface area (Å²) >= 11 is 3.48.